The minimum Gasteiger partial charge on any atom is -0.493 e. The van der Waals surface area contributed by atoms with E-state index in [2.05, 4.69) is 27.1 Å². The van der Waals surface area contributed by atoms with Gasteiger partial charge in [-0.15, -0.1) is 0 Å². The van der Waals surface area contributed by atoms with Crippen LogP contribution in [-0.2, 0) is 17.6 Å². The number of benzene rings is 1. The molecule has 2 fully saturated rings. The SMILES string of the molecule is CCc1cnc(N2CCC(CCCOc3cc(F)c(CC(=O)N4CC(CNC[C@H](O)[C@@H](O)[C@H](O)[C@H](O)CO)C4)c(F)c3)CC2)nc1. The molecule has 4 rings (SSSR count). The van der Waals surface area contributed by atoms with Crippen molar-refractivity contribution in [2.45, 2.75) is 69.9 Å². The second-order valence-corrected chi connectivity index (χ2v) is 12.3. The topological polar surface area (TPSA) is 172 Å². The van der Waals surface area contributed by atoms with Gasteiger partial charge in [0.15, 0.2) is 0 Å². The number of carbonyl (C=O) groups is 1. The zero-order chi connectivity index (χ0) is 33.2. The number of rotatable bonds is 17. The first-order valence-electron chi connectivity index (χ1n) is 16.1. The summed E-state index contributed by atoms with van der Waals surface area (Å²) in [5.74, 6) is -0.633. The maximum absolute atomic E-state index is 14.8. The normalized spacial score (nSPS) is 18.6. The average molecular weight is 652 g/mol. The Balaban J connectivity index is 1.11. The molecule has 0 saturated carbocycles. The van der Waals surface area contributed by atoms with Crippen molar-refractivity contribution in [1.29, 1.82) is 0 Å². The fourth-order valence-electron chi connectivity index (χ4n) is 5.79. The van der Waals surface area contributed by atoms with E-state index in [1.807, 2.05) is 12.4 Å². The largest absolute Gasteiger partial charge is 0.493 e. The molecule has 4 atom stereocenters. The number of carbonyl (C=O) groups excluding carboxylic acids is 1. The summed E-state index contributed by atoms with van der Waals surface area (Å²) < 4.78 is 35.2. The fraction of sp³-hybridized carbons (Fsp3) is 0.656. The van der Waals surface area contributed by atoms with Crippen LogP contribution in [0, 0.1) is 23.5 Å². The van der Waals surface area contributed by atoms with E-state index in [-0.39, 0.29) is 23.8 Å². The highest BCUT2D eigenvalue weighted by atomic mass is 19.1. The number of piperidine rings is 1. The fourth-order valence-corrected chi connectivity index (χ4v) is 5.79. The van der Waals surface area contributed by atoms with Gasteiger partial charge in [-0.05, 0) is 43.6 Å². The van der Waals surface area contributed by atoms with Gasteiger partial charge in [-0.3, -0.25) is 4.79 Å². The van der Waals surface area contributed by atoms with Gasteiger partial charge < -0.3 is 45.4 Å². The molecular formula is C32H47F2N5O7. The van der Waals surface area contributed by atoms with Gasteiger partial charge in [-0.25, -0.2) is 18.7 Å². The van der Waals surface area contributed by atoms with Crippen molar-refractivity contribution in [2.75, 3.05) is 57.4 Å². The first kappa shape index (κ1) is 35.8. The standard InChI is InChI=1S/C32H47F2N5O7/c1-2-20-14-36-32(37-15-20)38-7-5-21(6-8-38)4-3-9-46-23-10-25(33)24(26(34)11-23)12-29(43)39-17-22(18-39)13-35-16-27(41)30(44)31(45)28(42)19-40/h10-11,14-15,21-22,27-28,30-31,35,40-42,44-45H,2-9,12-13,16-19H2,1H3/t27-,28+,30+,31+/m0/s1. The molecule has 256 valence electrons. The number of anilines is 1. The van der Waals surface area contributed by atoms with E-state index in [0.29, 0.717) is 32.2 Å². The summed E-state index contributed by atoms with van der Waals surface area (Å²) in [6, 6.07) is 2.24. The number of amides is 1. The highest BCUT2D eigenvalue weighted by Crippen LogP contribution is 2.26. The quantitative estimate of drug-likeness (QED) is 0.131. The van der Waals surface area contributed by atoms with Crippen LogP contribution in [0.25, 0.3) is 0 Å². The van der Waals surface area contributed by atoms with Crippen LogP contribution in [0.15, 0.2) is 24.5 Å². The lowest BCUT2D eigenvalue weighted by molar-refractivity contribution is -0.136. The molecule has 6 N–H and O–H groups in total. The van der Waals surface area contributed by atoms with Crippen molar-refractivity contribution in [3.05, 3.63) is 47.3 Å². The van der Waals surface area contributed by atoms with Crippen LogP contribution in [0.3, 0.4) is 0 Å². The molecular weight excluding hydrogens is 604 g/mol. The van der Waals surface area contributed by atoms with Gasteiger partial charge in [0.25, 0.3) is 0 Å². The maximum atomic E-state index is 14.8. The van der Waals surface area contributed by atoms with Crippen molar-refractivity contribution in [1.82, 2.24) is 20.2 Å². The molecule has 0 spiro atoms. The van der Waals surface area contributed by atoms with E-state index in [1.165, 1.54) is 4.90 Å². The number of aliphatic hydroxyl groups excluding tert-OH is 5. The Morgan fingerprint density at radius 3 is 2.26 bits per heavy atom. The van der Waals surface area contributed by atoms with Crippen molar-refractivity contribution >= 4 is 11.9 Å². The van der Waals surface area contributed by atoms with E-state index < -0.39 is 55.0 Å². The number of hydrogen-bond acceptors (Lipinski definition) is 11. The van der Waals surface area contributed by atoms with Crippen LogP contribution in [0.2, 0.25) is 0 Å². The molecule has 14 heteroatoms. The molecule has 1 aromatic carbocycles. The molecule has 1 aromatic heterocycles. The highest BCUT2D eigenvalue weighted by molar-refractivity contribution is 5.79. The zero-order valence-corrected chi connectivity index (χ0v) is 26.3. The molecule has 46 heavy (non-hydrogen) atoms. The van der Waals surface area contributed by atoms with Crippen LogP contribution in [-0.4, -0.2) is 123 Å². The van der Waals surface area contributed by atoms with Gasteiger partial charge in [0.05, 0.1) is 25.7 Å². The van der Waals surface area contributed by atoms with Gasteiger partial charge >= 0.3 is 0 Å². The second-order valence-electron chi connectivity index (χ2n) is 12.3. The molecule has 0 aliphatic carbocycles. The molecule has 2 aliphatic heterocycles. The summed E-state index contributed by atoms with van der Waals surface area (Å²) in [6.45, 7) is 4.46. The van der Waals surface area contributed by atoms with Gasteiger partial charge in [0, 0.05) is 75.3 Å². The highest BCUT2D eigenvalue weighted by Gasteiger charge is 2.33. The smallest absolute Gasteiger partial charge is 0.227 e. The van der Waals surface area contributed by atoms with Crippen molar-refractivity contribution in [3.8, 4) is 5.75 Å². The summed E-state index contributed by atoms with van der Waals surface area (Å²) in [6.07, 6.45) is 1.67. The molecule has 2 aromatic rings. The number of ether oxygens (including phenoxy) is 1. The minimum atomic E-state index is -1.70. The van der Waals surface area contributed by atoms with Gasteiger partial charge in [0.2, 0.25) is 11.9 Å². The number of nitrogens with zero attached hydrogens (tertiary/aromatic N) is 4. The number of likely N-dealkylation sites (tertiary alicyclic amines) is 1. The predicted molar refractivity (Wildman–Crippen MR) is 165 cm³/mol. The zero-order valence-electron chi connectivity index (χ0n) is 26.3. The number of hydrogen-bond donors (Lipinski definition) is 6. The van der Waals surface area contributed by atoms with Crippen LogP contribution in [0.4, 0.5) is 14.7 Å². The third kappa shape index (κ3) is 9.75. The lowest BCUT2D eigenvalue weighted by atomic mass is 9.92. The monoisotopic (exact) mass is 651 g/mol. The third-order valence-electron chi connectivity index (χ3n) is 8.89. The maximum Gasteiger partial charge on any atom is 0.227 e. The van der Waals surface area contributed by atoms with Crippen LogP contribution in [0.5, 0.6) is 5.75 Å². The minimum absolute atomic E-state index is 0.0335. The Morgan fingerprint density at radius 1 is 1.02 bits per heavy atom. The number of nitrogens with one attached hydrogen (secondary N) is 1. The second kappa shape index (κ2) is 17.2. The molecule has 0 radical (unpaired) electrons. The predicted octanol–water partition coefficient (Wildman–Crippen LogP) is 0.419. The van der Waals surface area contributed by atoms with Crippen LogP contribution in [0.1, 0.15) is 43.7 Å². The van der Waals surface area contributed by atoms with E-state index in [1.54, 1.807) is 0 Å². The van der Waals surface area contributed by atoms with E-state index in [4.69, 9.17) is 9.84 Å². The molecule has 0 bridgehead atoms. The first-order valence-corrected chi connectivity index (χ1v) is 16.1. The van der Waals surface area contributed by atoms with E-state index in [9.17, 15) is 34.0 Å². The Kier molecular flexibility index (Phi) is 13.4. The number of aromatic nitrogens is 2. The molecule has 1 amide bonds. The van der Waals surface area contributed by atoms with E-state index in [0.717, 1.165) is 68.8 Å². The summed E-state index contributed by atoms with van der Waals surface area (Å²) in [5.41, 5.74) is 0.810. The first-order chi connectivity index (χ1) is 22.1. The molecule has 2 aliphatic rings. The van der Waals surface area contributed by atoms with Crippen molar-refractivity contribution < 1.29 is 43.8 Å². The Bertz CT molecular complexity index is 1220. The summed E-state index contributed by atoms with van der Waals surface area (Å²) in [4.78, 5) is 25.3. The number of aliphatic hydroxyl groups is 5. The Morgan fingerprint density at radius 2 is 1.65 bits per heavy atom. The van der Waals surface area contributed by atoms with Gasteiger partial charge in [0.1, 0.15) is 35.7 Å². The number of aryl methyl sites for hydroxylation is 1. The lowest BCUT2D eigenvalue weighted by Crippen LogP contribution is -2.55. The average Bonchev–Trinajstić information content (AvgIpc) is 3.04. The summed E-state index contributed by atoms with van der Waals surface area (Å²) in [5, 5.41) is 50.6. The summed E-state index contributed by atoms with van der Waals surface area (Å²) >= 11 is 0. The van der Waals surface area contributed by atoms with Crippen LogP contribution >= 0.6 is 0 Å². The van der Waals surface area contributed by atoms with E-state index >= 15 is 0 Å². The third-order valence-corrected chi connectivity index (χ3v) is 8.89. The summed E-state index contributed by atoms with van der Waals surface area (Å²) in [7, 11) is 0. The Hall–Kier alpha value is -3.01. The molecule has 0 unspecified atom stereocenters. The van der Waals surface area contributed by atoms with Crippen LogP contribution < -0.4 is 15.0 Å². The lowest BCUT2D eigenvalue weighted by Gasteiger charge is -2.39. The van der Waals surface area contributed by atoms with Crippen molar-refractivity contribution in [2.24, 2.45) is 11.8 Å². The molecule has 12 nitrogen and oxygen atoms in total. The molecule has 2 saturated heterocycles. The molecule has 3 heterocycles. The number of halogens is 2. The van der Waals surface area contributed by atoms with Gasteiger partial charge in [-0.1, -0.05) is 6.92 Å². The van der Waals surface area contributed by atoms with Gasteiger partial charge in [-0.2, -0.15) is 0 Å². The van der Waals surface area contributed by atoms with Crippen molar-refractivity contribution in [3.63, 3.8) is 0 Å². The Labute approximate surface area is 268 Å².